The molecule has 2 aromatic carbocycles. The lowest BCUT2D eigenvalue weighted by Gasteiger charge is -2.39. The number of aliphatic carboxylic acids is 1. The van der Waals surface area contributed by atoms with Crippen molar-refractivity contribution in [2.24, 2.45) is 0 Å². The number of hydrogen-bond acceptors (Lipinski definition) is 7. The van der Waals surface area contributed by atoms with Crippen molar-refractivity contribution in [1.82, 2.24) is 0 Å². The Morgan fingerprint density at radius 2 is 1.66 bits per heavy atom. The van der Waals surface area contributed by atoms with Crippen LogP contribution in [0.15, 0.2) is 60.4 Å². The normalized spacial score (nSPS) is 27.4. The highest BCUT2D eigenvalue weighted by Crippen LogP contribution is 2.25. The smallest absolute Gasteiger partial charge is 0.371 e. The molecule has 1 fully saturated rings. The summed E-state index contributed by atoms with van der Waals surface area (Å²) in [5.74, 6) is -1.94. The van der Waals surface area contributed by atoms with E-state index in [9.17, 15) is 30.3 Å². The number of carbonyl (C=O) groups is 1. The van der Waals surface area contributed by atoms with Crippen molar-refractivity contribution in [2.45, 2.75) is 30.7 Å². The van der Waals surface area contributed by atoms with Crippen molar-refractivity contribution in [3.8, 4) is 11.1 Å². The van der Waals surface area contributed by atoms with Gasteiger partial charge in [-0.05, 0) is 28.8 Å². The molecule has 0 amide bonds. The van der Waals surface area contributed by atoms with Gasteiger partial charge in [0.1, 0.15) is 24.4 Å². The standard InChI is InChI=1S/C21H22O8/c22-11-16-17(23)18(24)19(25)21(29-16)28-15(20(26)27)10-12-5-4-8-14(9-12)13-6-2-1-3-7-13/h1-10,16-19,21-25H,11H2,(H,26,27)/b15-10-/t16-,17+,18+,19-,21-/m0/s1. The molecule has 154 valence electrons. The molecule has 8 heteroatoms. The van der Waals surface area contributed by atoms with Gasteiger partial charge in [-0.1, -0.05) is 48.5 Å². The molecule has 1 aliphatic heterocycles. The molecule has 0 spiro atoms. The third kappa shape index (κ3) is 4.81. The predicted octanol–water partition coefficient (Wildman–Crippen LogP) is 0.596. The van der Waals surface area contributed by atoms with Crippen molar-refractivity contribution in [2.75, 3.05) is 6.61 Å². The van der Waals surface area contributed by atoms with Gasteiger partial charge in [-0.3, -0.25) is 0 Å². The van der Waals surface area contributed by atoms with E-state index in [1.54, 1.807) is 18.2 Å². The molecular formula is C21H22O8. The number of aliphatic hydroxyl groups excluding tert-OH is 4. The fraction of sp³-hybridized carbons (Fsp3) is 0.286. The maximum Gasteiger partial charge on any atom is 0.371 e. The summed E-state index contributed by atoms with van der Waals surface area (Å²) in [7, 11) is 0. The molecule has 3 rings (SSSR count). The van der Waals surface area contributed by atoms with Gasteiger partial charge in [0.05, 0.1) is 6.61 Å². The number of ether oxygens (including phenoxy) is 2. The zero-order valence-corrected chi connectivity index (χ0v) is 15.3. The Labute approximate surface area is 166 Å². The van der Waals surface area contributed by atoms with E-state index in [1.807, 2.05) is 36.4 Å². The second-order valence-corrected chi connectivity index (χ2v) is 6.62. The van der Waals surface area contributed by atoms with Crippen LogP contribution >= 0.6 is 0 Å². The SMILES string of the molecule is O=C(O)/C(=C/c1cccc(-c2ccccc2)c1)O[C@H]1O[C@@H](CO)[C@@H](O)[C@@H](O)[C@@H]1O. The monoisotopic (exact) mass is 402 g/mol. The van der Waals surface area contributed by atoms with E-state index >= 15 is 0 Å². The molecule has 5 atom stereocenters. The third-order valence-corrected chi connectivity index (χ3v) is 4.59. The molecule has 8 nitrogen and oxygen atoms in total. The summed E-state index contributed by atoms with van der Waals surface area (Å²) in [5, 5.41) is 48.4. The first-order chi connectivity index (χ1) is 13.9. The van der Waals surface area contributed by atoms with Gasteiger partial charge < -0.3 is 35.0 Å². The number of aliphatic hydroxyl groups is 4. The van der Waals surface area contributed by atoms with E-state index in [0.717, 1.165) is 11.1 Å². The molecular weight excluding hydrogens is 380 g/mol. The maximum absolute atomic E-state index is 11.6. The molecule has 1 heterocycles. The van der Waals surface area contributed by atoms with Crippen LogP contribution in [-0.4, -0.2) is 68.8 Å². The van der Waals surface area contributed by atoms with Gasteiger partial charge in [0.15, 0.2) is 0 Å². The number of hydrogen-bond donors (Lipinski definition) is 5. The molecule has 0 radical (unpaired) electrons. The Kier molecular flexibility index (Phi) is 6.63. The molecule has 0 aliphatic carbocycles. The van der Waals surface area contributed by atoms with Crippen molar-refractivity contribution in [3.63, 3.8) is 0 Å². The predicted molar refractivity (Wildman–Crippen MR) is 102 cm³/mol. The van der Waals surface area contributed by atoms with Crippen molar-refractivity contribution in [3.05, 3.63) is 65.9 Å². The van der Waals surface area contributed by atoms with Gasteiger partial charge in [-0.15, -0.1) is 0 Å². The first-order valence-corrected chi connectivity index (χ1v) is 8.98. The molecule has 0 unspecified atom stereocenters. The molecule has 29 heavy (non-hydrogen) atoms. The highest BCUT2D eigenvalue weighted by Gasteiger charge is 2.45. The Balaban J connectivity index is 1.85. The van der Waals surface area contributed by atoms with Crippen LogP contribution in [-0.2, 0) is 14.3 Å². The zero-order valence-electron chi connectivity index (χ0n) is 15.3. The molecule has 0 bridgehead atoms. The fourth-order valence-electron chi connectivity index (χ4n) is 3.03. The molecule has 1 aliphatic rings. The van der Waals surface area contributed by atoms with Gasteiger partial charge in [0.2, 0.25) is 12.0 Å². The van der Waals surface area contributed by atoms with Crippen LogP contribution < -0.4 is 0 Å². The highest BCUT2D eigenvalue weighted by molar-refractivity contribution is 5.90. The molecule has 0 aromatic heterocycles. The quantitative estimate of drug-likeness (QED) is 0.350. The number of benzene rings is 2. The average molecular weight is 402 g/mol. The van der Waals surface area contributed by atoms with Crippen LogP contribution in [0, 0.1) is 0 Å². The Morgan fingerprint density at radius 1 is 0.966 bits per heavy atom. The van der Waals surface area contributed by atoms with E-state index in [0.29, 0.717) is 5.56 Å². The number of carboxylic acids is 1. The number of carboxylic acid groups (broad SMARTS) is 1. The molecule has 2 aromatic rings. The van der Waals surface area contributed by atoms with Crippen LogP contribution in [0.4, 0.5) is 0 Å². The molecule has 1 saturated heterocycles. The topological polar surface area (TPSA) is 137 Å². The summed E-state index contributed by atoms with van der Waals surface area (Å²) in [6.45, 7) is -0.643. The average Bonchev–Trinajstić information content (AvgIpc) is 2.74. The lowest BCUT2D eigenvalue weighted by Crippen LogP contribution is -2.59. The molecule has 5 N–H and O–H groups in total. The zero-order chi connectivity index (χ0) is 21.0. The van der Waals surface area contributed by atoms with E-state index in [-0.39, 0.29) is 0 Å². The van der Waals surface area contributed by atoms with Crippen molar-refractivity contribution in [1.29, 1.82) is 0 Å². The van der Waals surface area contributed by atoms with Crippen LogP contribution in [0.3, 0.4) is 0 Å². The minimum absolute atomic E-state index is 0.528. The third-order valence-electron chi connectivity index (χ3n) is 4.59. The van der Waals surface area contributed by atoms with Gasteiger partial charge in [0, 0.05) is 0 Å². The minimum Gasteiger partial charge on any atom is -0.475 e. The summed E-state index contributed by atoms with van der Waals surface area (Å²) >= 11 is 0. The highest BCUT2D eigenvalue weighted by atomic mass is 16.7. The number of rotatable bonds is 6. The minimum atomic E-state index is -1.70. The van der Waals surface area contributed by atoms with E-state index in [4.69, 9.17) is 9.47 Å². The molecule has 0 saturated carbocycles. The maximum atomic E-state index is 11.6. The van der Waals surface area contributed by atoms with Gasteiger partial charge >= 0.3 is 5.97 Å². The first kappa shape index (κ1) is 21.0. The summed E-state index contributed by atoms with van der Waals surface area (Å²) in [5.41, 5.74) is 2.36. The van der Waals surface area contributed by atoms with Crippen molar-refractivity contribution >= 4 is 12.0 Å². The van der Waals surface area contributed by atoms with Gasteiger partial charge in [-0.25, -0.2) is 4.79 Å². The van der Waals surface area contributed by atoms with Crippen LogP contribution in [0.2, 0.25) is 0 Å². The van der Waals surface area contributed by atoms with Crippen LogP contribution in [0.1, 0.15) is 5.56 Å². The summed E-state index contributed by atoms with van der Waals surface area (Å²) in [4.78, 5) is 11.6. The lowest BCUT2D eigenvalue weighted by molar-refractivity contribution is -0.291. The summed E-state index contributed by atoms with van der Waals surface area (Å²) < 4.78 is 10.5. The van der Waals surface area contributed by atoms with E-state index in [1.165, 1.54) is 6.08 Å². The van der Waals surface area contributed by atoms with Gasteiger partial charge in [0.25, 0.3) is 0 Å². The van der Waals surface area contributed by atoms with E-state index < -0.39 is 49.0 Å². The van der Waals surface area contributed by atoms with E-state index in [2.05, 4.69) is 0 Å². The Hall–Kier alpha value is -2.75. The lowest BCUT2D eigenvalue weighted by atomic mass is 9.99. The fourth-order valence-corrected chi connectivity index (χ4v) is 3.03. The largest absolute Gasteiger partial charge is 0.475 e. The second kappa shape index (κ2) is 9.17. The Morgan fingerprint density at radius 3 is 2.31 bits per heavy atom. The van der Waals surface area contributed by atoms with Gasteiger partial charge in [-0.2, -0.15) is 0 Å². The first-order valence-electron chi connectivity index (χ1n) is 8.98. The summed E-state index contributed by atoms with van der Waals surface area (Å²) in [6, 6.07) is 16.6. The second-order valence-electron chi connectivity index (χ2n) is 6.62. The van der Waals surface area contributed by atoms with Crippen molar-refractivity contribution < 1.29 is 39.8 Å². The van der Waals surface area contributed by atoms with Crippen LogP contribution in [0.25, 0.3) is 17.2 Å². The summed E-state index contributed by atoms with van der Waals surface area (Å²) in [6.07, 6.45) is -6.45. The Bertz CT molecular complexity index is 864. The van der Waals surface area contributed by atoms with Crippen LogP contribution in [0.5, 0.6) is 0 Å².